The van der Waals surface area contributed by atoms with Crippen molar-refractivity contribution in [2.75, 3.05) is 6.61 Å². The van der Waals surface area contributed by atoms with E-state index in [9.17, 15) is 10.2 Å². The third-order valence-electron chi connectivity index (χ3n) is 4.62. The Kier molecular flexibility index (Phi) is 5.37. The Hall–Kier alpha value is -3.15. The normalized spacial score (nSPS) is 13.4. The fourth-order valence-electron chi connectivity index (χ4n) is 3.25. The second kappa shape index (κ2) is 8.25. The average Bonchev–Trinajstić information content (AvgIpc) is 3.11. The van der Waals surface area contributed by atoms with Gasteiger partial charge in [0.1, 0.15) is 30.4 Å². The van der Waals surface area contributed by atoms with Crippen molar-refractivity contribution in [2.45, 2.75) is 18.8 Å². The van der Waals surface area contributed by atoms with Gasteiger partial charge in [-0.25, -0.2) is 4.98 Å². The van der Waals surface area contributed by atoms with Crippen molar-refractivity contribution >= 4 is 11.0 Å². The molecule has 0 unspecified atom stereocenters. The molecule has 0 amide bonds. The predicted octanol–water partition coefficient (Wildman–Crippen LogP) is 3.56. The second-order valence-corrected chi connectivity index (χ2v) is 6.66. The molecule has 0 radical (unpaired) electrons. The van der Waals surface area contributed by atoms with E-state index in [1.54, 1.807) is 0 Å². The van der Waals surface area contributed by atoms with E-state index in [2.05, 4.69) is 4.98 Å². The van der Waals surface area contributed by atoms with Crippen molar-refractivity contribution in [3.8, 4) is 5.75 Å². The minimum atomic E-state index is -0.879. The van der Waals surface area contributed by atoms with Crippen LogP contribution in [0.25, 0.3) is 11.0 Å². The highest BCUT2D eigenvalue weighted by atomic mass is 16.5. The number of nitrogens with zero attached hydrogens (tertiary/aromatic N) is 2. The van der Waals surface area contributed by atoms with Gasteiger partial charge >= 0.3 is 0 Å². The molecule has 0 fully saturated rings. The van der Waals surface area contributed by atoms with E-state index >= 15 is 0 Å². The highest BCUT2D eigenvalue weighted by molar-refractivity contribution is 5.76. The summed E-state index contributed by atoms with van der Waals surface area (Å²) in [5, 5.41) is 21.5. The summed E-state index contributed by atoms with van der Waals surface area (Å²) >= 11 is 0. The number of aromatic nitrogens is 2. The van der Waals surface area contributed by atoms with Gasteiger partial charge in [0.2, 0.25) is 0 Å². The molecule has 28 heavy (non-hydrogen) atoms. The first-order valence-electron chi connectivity index (χ1n) is 9.26. The molecular formula is C23H22N2O3. The van der Waals surface area contributed by atoms with Crippen molar-refractivity contribution < 1.29 is 14.9 Å². The Bertz CT molecular complexity index is 1030. The van der Waals surface area contributed by atoms with E-state index in [1.807, 2.05) is 89.5 Å². The van der Waals surface area contributed by atoms with E-state index in [-0.39, 0.29) is 13.2 Å². The molecule has 0 saturated carbocycles. The van der Waals surface area contributed by atoms with Crippen LogP contribution in [-0.4, -0.2) is 32.5 Å². The maximum Gasteiger partial charge on any atom is 0.143 e. The maximum absolute atomic E-state index is 10.9. The van der Waals surface area contributed by atoms with Gasteiger partial charge in [-0.15, -0.1) is 0 Å². The van der Waals surface area contributed by atoms with Crippen LogP contribution in [0.5, 0.6) is 5.75 Å². The van der Waals surface area contributed by atoms with Crippen molar-refractivity contribution in [3.63, 3.8) is 0 Å². The van der Waals surface area contributed by atoms with Gasteiger partial charge in [-0.3, -0.25) is 0 Å². The first-order valence-corrected chi connectivity index (χ1v) is 9.26. The molecule has 0 aliphatic rings. The molecule has 0 aliphatic carbocycles. The molecule has 2 N–H and O–H groups in total. The molecule has 0 saturated heterocycles. The summed E-state index contributed by atoms with van der Waals surface area (Å²) in [5.41, 5.74) is 2.41. The van der Waals surface area contributed by atoms with Crippen LogP contribution in [0.4, 0.5) is 0 Å². The highest BCUT2D eigenvalue weighted by Gasteiger charge is 2.21. The van der Waals surface area contributed by atoms with Crippen LogP contribution in [0.1, 0.15) is 17.5 Å². The molecule has 1 aromatic heterocycles. The number of imidazole rings is 1. The second-order valence-electron chi connectivity index (χ2n) is 6.66. The zero-order valence-electron chi connectivity index (χ0n) is 15.3. The van der Waals surface area contributed by atoms with Gasteiger partial charge in [-0.2, -0.15) is 0 Å². The lowest BCUT2D eigenvalue weighted by atomic mass is 10.1. The highest BCUT2D eigenvalue weighted by Crippen LogP contribution is 2.26. The minimum absolute atomic E-state index is 0.150. The average molecular weight is 374 g/mol. The van der Waals surface area contributed by atoms with E-state index < -0.39 is 12.2 Å². The lowest BCUT2D eigenvalue weighted by Gasteiger charge is -2.18. The summed E-state index contributed by atoms with van der Waals surface area (Å²) in [6, 6.07) is 26.5. The van der Waals surface area contributed by atoms with Crippen molar-refractivity contribution in [1.82, 2.24) is 9.55 Å². The van der Waals surface area contributed by atoms with Crippen LogP contribution in [0.2, 0.25) is 0 Å². The summed E-state index contributed by atoms with van der Waals surface area (Å²) in [6.07, 6.45) is -1.63. The van der Waals surface area contributed by atoms with Crippen molar-refractivity contribution in [3.05, 3.63) is 96.3 Å². The smallest absolute Gasteiger partial charge is 0.143 e. The number of para-hydroxylation sites is 3. The number of ether oxygens (including phenoxy) is 1. The molecule has 4 aromatic rings. The largest absolute Gasteiger partial charge is 0.491 e. The van der Waals surface area contributed by atoms with Crippen LogP contribution in [0, 0.1) is 0 Å². The van der Waals surface area contributed by atoms with Gasteiger partial charge in [0.05, 0.1) is 17.6 Å². The maximum atomic E-state index is 10.9. The number of aliphatic hydroxyl groups is 2. The number of aliphatic hydroxyl groups excluding tert-OH is 2. The molecule has 142 valence electrons. The third kappa shape index (κ3) is 3.91. The van der Waals surface area contributed by atoms with Crippen LogP contribution in [0.15, 0.2) is 84.9 Å². The van der Waals surface area contributed by atoms with Gasteiger partial charge < -0.3 is 19.5 Å². The third-order valence-corrected chi connectivity index (χ3v) is 4.62. The fraction of sp³-hybridized carbons (Fsp3) is 0.174. The number of rotatable bonds is 7. The topological polar surface area (TPSA) is 67.5 Å². The molecule has 4 rings (SSSR count). The number of benzene rings is 3. The van der Waals surface area contributed by atoms with Crippen molar-refractivity contribution in [2.24, 2.45) is 0 Å². The number of fused-ring (bicyclic) bond motifs is 1. The zero-order valence-corrected chi connectivity index (χ0v) is 15.3. The standard InChI is InChI=1S/C23H22N2O3/c26-18(16-28-19-11-5-2-6-12-19)15-25-21-14-8-7-13-20(21)24-23(25)22(27)17-9-3-1-4-10-17/h1-14,18,22,26-27H,15-16H2/t18-,22-/m0/s1. The van der Waals surface area contributed by atoms with Crippen LogP contribution in [-0.2, 0) is 6.54 Å². The Balaban J connectivity index is 1.60. The van der Waals surface area contributed by atoms with Gasteiger partial charge in [-0.05, 0) is 29.8 Å². The molecule has 3 aromatic carbocycles. The summed E-state index contributed by atoms with van der Waals surface area (Å²) in [5.74, 6) is 1.22. The first-order chi connectivity index (χ1) is 13.7. The van der Waals surface area contributed by atoms with Crippen molar-refractivity contribution in [1.29, 1.82) is 0 Å². The molecule has 5 nitrogen and oxygen atoms in total. The van der Waals surface area contributed by atoms with E-state index in [4.69, 9.17) is 4.74 Å². The lowest BCUT2D eigenvalue weighted by Crippen LogP contribution is -2.25. The summed E-state index contributed by atoms with van der Waals surface area (Å²) in [6.45, 7) is 0.421. The van der Waals surface area contributed by atoms with E-state index in [0.717, 1.165) is 16.6 Å². The zero-order chi connectivity index (χ0) is 19.3. The number of hydrogen-bond donors (Lipinski definition) is 2. The molecule has 1 heterocycles. The molecular weight excluding hydrogens is 352 g/mol. The van der Waals surface area contributed by atoms with Crippen LogP contribution >= 0.6 is 0 Å². The van der Waals surface area contributed by atoms with Gasteiger partial charge in [0.25, 0.3) is 0 Å². The molecule has 0 bridgehead atoms. The Labute approximate surface area is 163 Å². The quantitative estimate of drug-likeness (QED) is 0.519. The SMILES string of the molecule is O[C@H](COc1ccccc1)Cn1c([C@@H](O)c2ccccc2)nc2ccccc21. The predicted molar refractivity (Wildman–Crippen MR) is 108 cm³/mol. The Morgan fingerprint density at radius 1 is 0.821 bits per heavy atom. The lowest BCUT2D eigenvalue weighted by molar-refractivity contribution is 0.0902. The van der Waals surface area contributed by atoms with Gasteiger partial charge in [0, 0.05) is 0 Å². The van der Waals surface area contributed by atoms with Gasteiger partial charge in [0.15, 0.2) is 0 Å². The molecule has 0 aliphatic heterocycles. The fourth-order valence-corrected chi connectivity index (χ4v) is 3.25. The first kappa shape index (κ1) is 18.2. The van der Waals surface area contributed by atoms with Crippen LogP contribution in [0.3, 0.4) is 0 Å². The van der Waals surface area contributed by atoms with Gasteiger partial charge in [-0.1, -0.05) is 60.7 Å². The minimum Gasteiger partial charge on any atom is -0.491 e. The van der Waals surface area contributed by atoms with E-state index in [0.29, 0.717) is 11.6 Å². The molecule has 5 heteroatoms. The Morgan fingerprint density at radius 3 is 2.21 bits per heavy atom. The summed E-state index contributed by atoms with van der Waals surface area (Å²) < 4.78 is 7.53. The number of hydrogen-bond acceptors (Lipinski definition) is 4. The Morgan fingerprint density at radius 2 is 1.46 bits per heavy atom. The molecule has 2 atom stereocenters. The molecule has 0 spiro atoms. The summed E-state index contributed by atoms with van der Waals surface area (Å²) in [4.78, 5) is 4.62. The van der Waals surface area contributed by atoms with Crippen LogP contribution < -0.4 is 4.74 Å². The monoisotopic (exact) mass is 374 g/mol. The summed E-state index contributed by atoms with van der Waals surface area (Å²) in [7, 11) is 0. The van der Waals surface area contributed by atoms with E-state index in [1.165, 1.54) is 0 Å².